The van der Waals surface area contributed by atoms with Gasteiger partial charge in [0.05, 0.1) is 10.9 Å². The zero-order valence-corrected chi connectivity index (χ0v) is 17.3. The van der Waals surface area contributed by atoms with Gasteiger partial charge in [-0.1, -0.05) is 55.3 Å². The molecule has 1 heterocycles. The number of benzene rings is 2. The molecule has 2 aromatic rings. The van der Waals surface area contributed by atoms with Crippen molar-refractivity contribution in [2.75, 3.05) is 13.1 Å². The standard InChI is InChI=1S/C22H28N2O3S/c1-3-4-14-23-22(25)16-21-20-8-6-5-7-18(20)13-15-24(21)28(26,27)19-11-9-17(2)10-12-19/h5-12,21H,3-4,13-16H2,1-2H3,(H,23,25)/t21-/m1/s1. The third kappa shape index (κ3) is 4.45. The molecule has 0 bridgehead atoms. The van der Waals surface area contributed by atoms with Crippen LogP contribution in [-0.2, 0) is 21.2 Å². The SMILES string of the molecule is CCCCNC(=O)C[C@@H]1c2ccccc2CCN1S(=O)(=O)c1ccc(C)cc1. The molecule has 6 heteroatoms. The molecule has 1 aliphatic heterocycles. The molecule has 1 N–H and O–H groups in total. The number of aryl methyl sites for hydroxylation is 1. The van der Waals surface area contributed by atoms with Crippen LogP contribution in [0.1, 0.15) is 48.9 Å². The van der Waals surface area contributed by atoms with Crippen molar-refractivity contribution in [3.05, 3.63) is 65.2 Å². The van der Waals surface area contributed by atoms with E-state index in [1.165, 1.54) is 4.31 Å². The van der Waals surface area contributed by atoms with Crippen molar-refractivity contribution in [1.29, 1.82) is 0 Å². The molecule has 2 aromatic carbocycles. The van der Waals surface area contributed by atoms with E-state index >= 15 is 0 Å². The van der Waals surface area contributed by atoms with E-state index in [0.29, 0.717) is 19.5 Å². The summed E-state index contributed by atoms with van der Waals surface area (Å²) in [6.07, 6.45) is 2.69. The largest absolute Gasteiger partial charge is 0.356 e. The third-order valence-corrected chi connectivity index (χ3v) is 7.14. The summed E-state index contributed by atoms with van der Waals surface area (Å²) in [7, 11) is -3.69. The van der Waals surface area contributed by atoms with Crippen LogP contribution in [0.15, 0.2) is 53.4 Å². The van der Waals surface area contributed by atoms with Gasteiger partial charge >= 0.3 is 0 Å². The minimum absolute atomic E-state index is 0.112. The van der Waals surface area contributed by atoms with Crippen molar-refractivity contribution in [2.45, 2.75) is 50.5 Å². The van der Waals surface area contributed by atoms with Crippen LogP contribution < -0.4 is 5.32 Å². The Hall–Kier alpha value is -2.18. The molecule has 0 unspecified atom stereocenters. The highest BCUT2D eigenvalue weighted by Crippen LogP contribution is 2.36. The van der Waals surface area contributed by atoms with Crippen LogP contribution in [0.4, 0.5) is 0 Å². The Kier molecular flexibility index (Phi) is 6.52. The molecule has 1 amide bonds. The van der Waals surface area contributed by atoms with Crippen LogP contribution in [0.25, 0.3) is 0 Å². The number of carbonyl (C=O) groups is 1. The van der Waals surface area contributed by atoms with E-state index in [1.807, 2.05) is 31.2 Å². The van der Waals surface area contributed by atoms with E-state index in [0.717, 1.165) is 29.5 Å². The number of carbonyl (C=O) groups excluding carboxylic acids is 1. The fourth-order valence-corrected chi connectivity index (χ4v) is 5.23. The second-order valence-electron chi connectivity index (χ2n) is 7.30. The molecule has 150 valence electrons. The Labute approximate surface area is 167 Å². The van der Waals surface area contributed by atoms with Crippen LogP contribution in [0.3, 0.4) is 0 Å². The second kappa shape index (κ2) is 8.88. The lowest BCUT2D eigenvalue weighted by Gasteiger charge is -2.36. The molecule has 0 spiro atoms. The zero-order valence-electron chi connectivity index (χ0n) is 16.5. The molecule has 0 aromatic heterocycles. The monoisotopic (exact) mass is 400 g/mol. The number of hydrogen-bond donors (Lipinski definition) is 1. The molecule has 0 aliphatic carbocycles. The van der Waals surface area contributed by atoms with Gasteiger partial charge in [0.25, 0.3) is 0 Å². The van der Waals surface area contributed by atoms with Gasteiger partial charge in [-0.25, -0.2) is 8.42 Å². The summed E-state index contributed by atoms with van der Waals surface area (Å²) in [5, 5.41) is 2.92. The maximum absolute atomic E-state index is 13.4. The molecule has 1 aliphatic rings. The minimum atomic E-state index is -3.69. The first kappa shape index (κ1) is 20.6. The highest BCUT2D eigenvalue weighted by atomic mass is 32.2. The Morgan fingerprint density at radius 3 is 2.57 bits per heavy atom. The Bertz CT molecular complexity index is 923. The molecule has 1 atom stereocenters. The molecule has 3 rings (SSSR count). The summed E-state index contributed by atoms with van der Waals surface area (Å²) in [4.78, 5) is 12.8. The van der Waals surface area contributed by atoms with Gasteiger partial charge in [0.1, 0.15) is 0 Å². The van der Waals surface area contributed by atoms with Crippen LogP contribution in [0, 0.1) is 6.92 Å². The van der Waals surface area contributed by atoms with E-state index < -0.39 is 16.1 Å². The van der Waals surface area contributed by atoms with Gasteiger partial charge in [-0.05, 0) is 43.0 Å². The first-order valence-corrected chi connectivity index (χ1v) is 11.3. The number of nitrogens with one attached hydrogen (secondary N) is 1. The van der Waals surface area contributed by atoms with Crippen molar-refractivity contribution in [3.8, 4) is 0 Å². The first-order chi connectivity index (χ1) is 13.4. The van der Waals surface area contributed by atoms with Crippen molar-refractivity contribution in [3.63, 3.8) is 0 Å². The Morgan fingerprint density at radius 1 is 1.14 bits per heavy atom. The number of fused-ring (bicyclic) bond motifs is 1. The van der Waals surface area contributed by atoms with Crippen molar-refractivity contribution in [1.82, 2.24) is 9.62 Å². The summed E-state index contributed by atoms with van der Waals surface area (Å²) in [6, 6.07) is 14.2. The average Bonchev–Trinajstić information content (AvgIpc) is 2.68. The van der Waals surface area contributed by atoms with Crippen molar-refractivity contribution < 1.29 is 13.2 Å². The lowest BCUT2D eigenvalue weighted by Crippen LogP contribution is -2.42. The Morgan fingerprint density at radius 2 is 1.86 bits per heavy atom. The maximum Gasteiger partial charge on any atom is 0.243 e. The molecule has 5 nitrogen and oxygen atoms in total. The molecular weight excluding hydrogens is 372 g/mol. The molecule has 0 saturated heterocycles. The van der Waals surface area contributed by atoms with Gasteiger partial charge in [0.15, 0.2) is 0 Å². The lowest BCUT2D eigenvalue weighted by molar-refractivity contribution is -0.122. The van der Waals surface area contributed by atoms with Gasteiger partial charge in [0, 0.05) is 19.5 Å². The van der Waals surface area contributed by atoms with Crippen LogP contribution in [0.2, 0.25) is 0 Å². The fraction of sp³-hybridized carbons (Fsp3) is 0.409. The van der Waals surface area contributed by atoms with Gasteiger partial charge in [0.2, 0.25) is 15.9 Å². The van der Waals surface area contributed by atoms with Crippen LogP contribution >= 0.6 is 0 Å². The fourth-order valence-electron chi connectivity index (χ4n) is 3.63. The van der Waals surface area contributed by atoms with Gasteiger partial charge in [-0.15, -0.1) is 0 Å². The van der Waals surface area contributed by atoms with Crippen molar-refractivity contribution >= 4 is 15.9 Å². The summed E-state index contributed by atoms with van der Waals surface area (Å²) in [6.45, 7) is 4.99. The molecular formula is C22H28N2O3S. The van der Waals surface area contributed by atoms with E-state index in [9.17, 15) is 13.2 Å². The number of rotatable bonds is 7. The first-order valence-electron chi connectivity index (χ1n) is 9.86. The summed E-state index contributed by atoms with van der Waals surface area (Å²) >= 11 is 0. The minimum Gasteiger partial charge on any atom is -0.356 e. The van der Waals surface area contributed by atoms with Gasteiger partial charge < -0.3 is 5.32 Å². The van der Waals surface area contributed by atoms with Gasteiger partial charge in [-0.2, -0.15) is 4.31 Å². The predicted octanol–water partition coefficient (Wildman–Crippen LogP) is 3.59. The topological polar surface area (TPSA) is 66.5 Å². The van der Waals surface area contributed by atoms with E-state index in [1.54, 1.807) is 24.3 Å². The maximum atomic E-state index is 13.4. The zero-order chi connectivity index (χ0) is 20.1. The number of nitrogens with zero attached hydrogens (tertiary/aromatic N) is 1. The van der Waals surface area contributed by atoms with Gasteiger partial charge in [-0.3, -0.25) is 4.79 Å². The number of unbranched alkanes of at least 4 members (excludes halogenated alkanes) is 1. The lowest BCUT2D eigenvalue weighted by atomic mass is 9.92. The molecule has 0 saturated carbocycles. The van der Waals surface area contributed by atoms with E-state index in [-0.39, 0.29) is 17.2 Å². The quantitative estimate of drug-likeness (QED) is 0.722. The molecule has 28 heavy (non-hydrogen) atoms. The third-order valence-electron chi connectivity index (χ3n) is 5.22. The summed E-state index contributed by atoms with van der Waals surface area (Å²) < 4.78 is 28.2. The van der Waals surface area contributed by atoms with E-state index in [2.05, 4.69) is 12.2 Å². The Balaban J connectivity index is 1.92. The highest BCUT2D eigenvalue weighted by Gasteiger charge is 2.37. The number of amides is 1. The number of hydrogen-bond acceptors (Lipinski definition) is 3. The average molecular weight is 401 g/mol. The van der Waals surface area contributed by atoms with Crippen molar-refractivity contribution in [2.24, 2.45) is 0 Å². The van der Waals surface area contributed by atoms with Crippen LogP contribution in [-0.4, -0.2) is 31.7 Å². The summed E-state index contributed by atoms with van der Waals surface area (Å²) in [5.41, 5.74) is 3.05. The van der Waals surface area contributed by atoms with Crippen LogP contribution in [0.5, 0.6) is 0 Å². The molecule has 0 fully saturated rings. The summed E-state index contributed by atoms with van der Waals surface area (Å²) in [5.74, 6) is -0.112. The van der Waals surface area contributed by atoms with E-state index in [4.69, 9.17) is 0 Å². The molecule has 0 radical (unpaired) electrons. The normalized spacial score (nSPS) is 17.1. The second-order valence-corrected chi connectivity index (χ2v) is 9.19. The number of sulfonamides is 1. The predicted molar refractivity (Wildman–Crippen MR) is 110 cm³/mol. The smallest absolute Gasteiger partial charge is 0.243 e. The highest BCUT2D eigenvalue weighted by molar-refractivity contribution is 7.89.